The first-order valence-electron chi connectivity index (χ1n) is 7.59. The molecule has 2 rings (SSSR count). The molecule has 1 heterocycles. The smallest absolute Gasteiger partial charge is 0.360 e. The Hall–Kier alpha value is -0.760. The predicted molar refractivity (Wildman–Crippen MR) is 80.8 cm³/mol. The lowest BCUT2D eigenvalue weighted by Crippen LogP contribution is -2.43. The average molecular weight is 355 g/mol. The minimum Gasteiger partial charge on any atom is -0.360 e. The molecule has 0 spiro atoms. The van der Waals surface area contributed by atoms with Crippen molar-refractivity contribution >= 4 is 17.7 Å². The van der Waals surface area contributed by atoms with E-state index in [-0.39, 0.29) is 30.7 Å². The summed E-state index contributed by atoms with van der Waals surface area (Å²) in [7, 11) is 0. The molecule has 2 fully saturated rings. The van der Waals surface area contributed by atoms with Crippen LogP contribution in [0.1, 0.15) is 19.3 Å². The maximum absolute atomic E-state index is 13.9. The van der Waals surface area contributed by atoms with Crippen LogP contribution < -0.4 is 0 Å². The van der Waals surface area contributed by atoms with Crippen LogP contribution in [0, 0.1) is 11.8 Å². The first-order valence-corrected chi connectivity index (χ1v) is 8.88. The zero-order valence-corrected chi connectivity index (χ0v) is 13.7. The van der Waals surface area contributed by atoms with Gasteiger partial charge in [0.1, 0.15) is 12.9 Å². The molecular weight excluding hydrogens is 334 g/mol. The van der Waals surface area contributed by atoms with E-state index in [2.05, 4.69) is 0 Å². The lowest BCUT2D eigenvalue weighted by Gasteiger charge is -2.32. The van der Waals surface area contributed by atoms with E-state index in [0.717, 1.165) is 0 Å². The summed E-state index contributed by atoms with van der Waals surface area (Å²) in [5.74, 6) is -2.48. The highest BCUT2D eigenvalue weighted by Gasteiger charge is 2.44. The largest absolute Gasteiger partial charge is 0.391 e. The highest BCUT2D eigenvalue weighted by molar-refractivity contribution is 7.99. The molecule has 23 heavy (non-hydrogen) atoms. The van der Waals surface area contributed by atoms with Crippen LogP contribution in [0.5, 0.6) is 0 Å². The van der Waals surface area contributed by atoms with Gasteiger partial charge in [0.2, 0.25) is 5.91 Å². The van der Waals surface area contributed by atoms with Crippen LogP contribution in [-0.2, 0) is 9.53 Å². The molecule has 1 saturated carbocycles. The minimum absolute atomic E-state index is 0.0888. The number of halogens is 4. The summed E-state index contributed by atoms with van der Waals surface area (Å²) in [6, 6.07) is 0. The average Bonchev–Trinajstić information content (AvgIpc) is 2.52. The Bertz CT molecular complexity index is 444. The summed E-state index contributed by atoms with van der Waals surface area (Å²) >= 11 is 1.61. The summed E-state index contributed by atoms with van der Waals surface area (Å²) in [5.41, 5.74) is 0. The van der Waals surface area contributed by atoms with Crippen molar-refractivity contribution in [1.29, 1.82) is 0 Å². The molecule has 3 nitrogen and oxygen atoms in total. The number of thioether (sulfide) groups is 1. The number of carbonyl (C=O) groups excluding carboxylic acids is 1. The molecule has 0 bridgehead atoms. The van der Waals surface area contributed by atoms with Gasteiger partial charge >= 0.3 is 6.18 Å². The van der Waals surface area contributed by atoms with E-state index in [1.165, 1.54) is 17.1 Å². The van der Waals surface area contributed by atoms with E-state index >= 15 is 0 Å². The number of alkyl halides is 4. The number of hydrogen-bond donors (Lipinski definition) is 0. The molecule has 132 valence electrons. The normalized spacial score (nSPS) is 33.2. The first-order chi connectivity index (χ1) is 10.8. The summed E-state index contributed by atoms with van der Waals surface area (Å²) in [4.78, 5) is 13.6. The summed E-state index contributed by atoms with van der Waals surface area (Å²) in [5, 5.41) is 0.206. The molecule has 0 aromatic carbocycles. The molecule has 8 heteroatoms. The SMILES string of the molecule is CSC1COCN(C(=O)/C=C/C2CCC(C(F)(F)F)CC2F)C1. The monoisotopic (exact) mass is 355 g/mol. The fraction of sp³-hybridized carbons (Fsp3) is 0.800. The summed E-state index contributed by atoms with van der Waals surface area (Å²) in [6.07, 6.45) is -1.77. The maximum atomic E-state index is 13.9. The molecule has 0 aromatic heterocycles. The van der Waals surface area contributed by atoms with Gasteiger partial charge in [0, 0.05) is 17.7 Å². The van der Waals surface area contributed by atoms with Crippen molar-refractivity contribution in [2.75, 3.05) is 26.1 Å². The number of ether oxygens (including phenoxy) is 1. The molecular formula is C15H21F4NO2S. The molecule has 0 N–H and O–H groups in total. The van der Waals surface area contributed by atoms with Gasteiger partial charge < -0.3 is 9.64 Å². The van der Waals surface area contributed by atoms with E-state index in [0.29, 0.717) is 13.2 Å². The van der Waals surface area contributed by atoms with Gasteiger partial charge in [0.15, 0.2) is 0 Å². The number of hydrogen-bond acceptors (Lipinski definition) is 3. The Morgan fingerprint density at radius 1 is 1.35 bits per heavy atom. The highest BCUT2D eigenvalue weighted by Crippen LogP contribution is 2.41. The maximum Gasteiger partial charge on any atom is 0.391 e. The molecule has 4 atom stereocenters. The van der Waals surface area contributed by atoms with Crippen molar-refractivity contribution in [1.82, 2.24) is 4.90 Å². The summed E-state index contributed by atoms with van der Waals surface area (Å²) < 4.78 is 57.1. The van der Waals surface area contributed by atoms with E-state index in [4.69, 9.17) is 4.74 Å². The number of allylic oxidation sites excluding steroid dienone is 1. The number of carbonyl (C=O) groups is 1. The Morgan fingerprint density at radius 2 is 2.09 bits per heavy atom. The zero-order chi connectivity index (χ0) is 17.0. The third-order valence-corrected chi connectivity index (χ3v) is 5.34. The van der Waals surface area contributed by atoms with Gasteiger partial charge in [0.25, 0.3) is 0 Å². The van der Waals surface area contributed by atoms with E-state index in [9.17, 15) is 22.4 Å². The molecule has 1 amide bonds. The van der Waals surface area contributed by atoms with Gasteiger partial charge in [-0.2, -0.15) is 24.9 Å². The highest BCUT2D eigenvalue weighted by atomic mass is 32.2. The second-order valence-electron chi connectivity index (χ2n) is 6.01. The Kier molecular flexibility index (Phi) is 6.36. The van der Waals surface area contributed by atoms with Gasteiger partial charge in [-0.1, -0.05) is 6.08 Å². The van der Waals surface area contributed by atoms with Crippen molar-refractivity contribution < 1.29 is 27.1 Å². The van der Waals surface area contributed by atoms with Crippen LogP contribution >= 0.6 is 11.8 Å². The van der Waals surface area contributed by atoms with Crippen LogP contribution in [0.3, 0.4) is 0 Å². The van der Waals surface area contributed by atoms with E-state index in [1.54, 1.807) is 11.8 Å². The number of rotatable bonds is 3. The van der Waals surface area contributed by atoms with Crippen molar-refractivity contribution in [2.24, 2.45) is 11.8 Å². The second-order valence-corrected chi connectivity index (χ2v) is 7.15. The van der Waals surface area contributed by atoms with Crippen molar-refractivity contribution in [2.45, 2.75) is 36.9 Å². The Balaban J connectivity index is 1.87. The molecule has 2 aliphatic rings. The molecule has 1 aliphatic carbocycles. The van der Waals surface area contributed by atoms with Gasteiger partial charge in [-0.15, -0.1) is 0 Å². The van der Waals surface area contributed by atoms with Gasteiger partial charge in [0.05, 0.1) is 12.5 Å². The molecule has 0 radical (unpaired) electrons. The van der Waals surface area contributed by atoms with E-state index < -0.39 is 30.6 Å². The van der Waals surface area contributed by atoms with Crippen LogP contribution in [0.4, 0.5) is 17.6 Å². The standard InChI is InChI=1S/C15H21F4NO2S/c1-23-12-7-20(9-22-8-12)14(21)5-3-10-2-4-11(6-13(10)16)15(17,18)19/h3,5,10-13H,2,4,6-9H2,1H3/b5-3+. The minimum atomic E-state index is -4.34. The third-order valence-electron chi connectivity index (χ3n) is 4.39. The van der Waals surface area contributed by atoms with Crippen LogP contribution in [0.15, 0.2) is 12.2 Å². The van der Waals surface area contributed by atoms with Gasteiger partial charge in [-0.05, 0) is 31.6 Å². The van der Waals surface area contributed by atoms with Gasteiger partial charge in [-0.25, -0.2) is 4.39 Å². The molecule has 1 aliphatic heterocycles. The lowest BCUT2D eigenvalue weighted by atomic mass is 9.80. The number of amides is 1. The lowest BCUT2D eigenvalue weighted by molar-refractivity contribution is -0.188. The molecule has 4 unspecified atom stereocenters. The van der Waals surface area contributed by atoms with Crippen LogP contribution in [-0.4, -0.2) is 54.5 Å². The third kappa shape index (κ3) is 5.11. The topological polar surface area (TPSA) is 29.5 Å². The number of nitrogens with zero attached hydrogens (tertiary/aromatic N) is 1. The van der Waals surface area contributed by atoms with Crippen LogP contribution in [0.2, 0.25) is 0 Å². The second kappa shape index (κ2) is 7.88. The zero-order valence-electron chi connectivity index (χ0n) is 12.9. The van der Waals surface area contributed by atoms with Crippen molar-refractivity contribution in [3.05, 3.63) is 12.2 Å². The Morgan fingerprint density at radius 3 is 2.70 bits per heavy atom. The summed E-state index contributed by atoms with van der Waals surface area (Å²) in [6.45, 7) is 1.34. The molecule has 0 aromatic rings. The fourth-order valence-corrected chi connectivity index (χ4v) is 3.47. The van der Waals surface area contributed by atoms with Gasteiger partial charge in [-0.3, -0.25) is 4.79 Å². The fourth-order valence-electron chi connectivity index (χ4n) is 2.91. The first kappa shape index (κ1) is 18.6. The van der Waals surface area contributed by atoms with Crippen LogP contribution in [0.25, 0.3) is 0 Å². The predicted octanol–water partition coefficient (Wildman–Crippen LogP) is 3.41. The quantitative estimate of drug-likeness (QED) is 0.574. The van der Waals surface area contributed by atoms with Crippen molar-refractivity contribution in [3.8, 4) is 0 Å². The van der Waals surface area contributed by atoms with E-state index in [1.807, 2.05) is 6.26 Å². The Labute approximate surface area is 137 Å². The van der Waals surface area contributed by atoms with Crippen molar-refractivity contribution in [3.63, 3.8) is 0 Å². The molecule has 1 saturated heterocycles.